The maximum absolute atomic E-state index is 14.0. The zero-order valence-electron chi connectivity index (χ0n) is 18.9. The predicted octanol–water partition coefficient (Wildman–Crippen LogP) is 4.97. The van der Waals surface area contributed by atoms with Crippen molar-refractivity contribution in [2.24, 2.45) is 5.92 Å². The Hall–Kier alpha value is -2.81. The minimum Gasteiger partial charge on any atom is -0.378 e. The second kappa shape index (κ2) is 9.59. The highest BCUT2D eigenvalue weighted by molar-refractivity contribution is 5.78. The molecule has 33 heavy (non-hydrogen) atoms. The van der Waals surface area contributed by atoms with Crippen LogP contribution in [0.15, 0.2) is 30.3 Å². The van der Waals surface area contributed by atoms with Crippen molar-refractivity contribution in [1.29, 1.82) is 0 Å². The van der Waals surface area contributed by atoms with Crippen molar-refractivity contribution >= 4 is 22.8 Å². The highest BCUT2D eigenvalue weighted by Crippen LogP contribution is 2.31. The number of halogens is 2. The van der Waals surface area contributed by atoms with Gasteiger partial charge in [0, 0.05) is 25.2 Å². The minimum absolute atomic E-state index is 0.287. The molecule has 0 unspecified atom stereocenters. The molecule has 1 aromatic carbocycles. The van der Waals surface area contributed by atoms with E-state index in [9.17, 15) is 8.78 Å². The molecule has 1 saturated carbocycles. The predicted molar refractivity (Wildman–Crippen MR) is 124 cm³/mol. The molecule has 0 spiro atoms. The Morgan fingerprint density at radius 1 is 1.03 bits per heavy atom. The molecule has 5 rings (SSSR count). The number of hydrogen-bond donors (Lipinski definition) is 1. The van der Waals surface area contributed by atoms with Gasteiger partial charge in [-0.05, 0) is 43.7 Å². The molecule has 2 fully saturated rings. The lowest BCUT2D eigenvalue weighted by atomic mass is 9.85. The van der Waals surface area contributed by atoms with Crippen LogP contribution in [-0.2, 0) is 4.74 Å². The molecule has 0 radical (unpaired) electrons. The van der Waals surface area contributed by atoms with Crippen LogP contribution in [-0.4, -0.2) is 51.9 Å². The molecule has 176 valence electrons. The average molecular weight is 457 g/mol. The van der Waals surface area contributed by atoms with E-state index in [0.717, 1.165) is 18.8 Å². The number of anilines is 2. The SMILES string of the molecule is CCC1CCC(Nc2nc(N3CCOCC3)cc(-n3c(C(F)F)nc4ccccc43)n2)CC1. The van der Waals surface area contributed by atoms with E-state index in [1.54, 1.807) is 24.3 Å². The summed E-state index contributed by atoms with van der Waals surface area (Å²) in [5.41, 5.74) is 1.13. The molecule has 1 aliphatic heterocycles. The van der Waals surface area contributed by atoms with Gasteiger partial charge in [-0.3, -0.25) is 4.57 Å². The number of ether oxygens (including phenoxy) is 1. The van der Waals surface area contributed by atoms with Crippen molar-refractivity contribution < 1.29 is 13.5 Å². The third-order valence-corrected chi connectivity index (χ3v) is 6.80. The molecule has 1 saturated heterocycles. The largest absolute Gasteiger partial charge is 0.378 e. The van der Waals surface area contributed by atoms with Gasteiger partial charge in [-0.15, -0.1) is 0 Å². The molecule has 3 aromatic rings. The van der Waals surface area contributed by atoms with Gasteiger partial charge >= 0.3 is 0 Å². The lowest BCUT2D eigenvalue weighted by Crippen LogP contribution is -2.37. The number of imidazole rings is 1. The standard InChI is InChI=1S/C24H30F2N6O/c1-2-16-7-9-17(10-8-16)27-24-29-20(31-11-13-33-14-12-31)15-21(30-24)32-19-6-4-3-5-18(19)28-23(32)22(25)26/h3-6,15-17,22H,2,7-14H2,1H3,(H,27,29,30). The molecule has 3 heterocycles. The van der Waals surface area contributed by atoms with Gasteiger partial charge < -0.3 is 15.0 Å². The Kier molecular flexibility index (Phi) is 6.39. The summed E-state index contributed by atoms with van der Waals surface area (Å²) >= 11 is 0. The van der Waals surface area contributed by atoms with Crippen LogP contribution in [0, 0.1) is 5.92 Å². The molecule has 2 aliphatic rings. The van der Waals surface area contributed by atoms with E-state index in [0.29, 0.717) is 54.9 Å². The molecule has 0 bridgehead atoms. The Morgan fingerprint density at radius 2 is 1.76 bits per heavy atom. The van der Waals surface area contributed by atoms with Crippen LogP contribution >= 0.6 is 0 Å². The van der Waals surface area contributed by atoms with Crippen LogP contribution in [0.5, 0.6) is 0 Å². The van der Waals surface area contributed by atoms with Gasteiger partial charge in [-0.2, -0.15) is 9.97 Å². The maximum atomic E-state index is 14.0. The number of para-hydroxylation sites is 2. The Balaban J connectivity index is 1.55. The summed E-state index contributed by atoms with van der Waals surface area (Å²) < 4.78 is 34.9. The number of morpholine rings is 1. The van der Waals surface area contributed by atoms with Crippen molar-refractivity contribution in [2.75, 3.05) is 36.5 Å². The van der Waals surface area contributed by atoms with Gasteiger partial charge in [-0.1, -0.05) is 25.5 Å². The smallest absolute Gasteiger partial charge is 0.296 e. The first-order chi connectivity index (χ1) is 16.1. The fraction of sp³-hybridized carbons (Fsp3) is 0.542. The van der Waals surface area contributed by atoms with E-state index in [2.05, 4.69) is 22.1 Å². The Labute approximate surface area is 192 Å². The van der Waals surface area contributed by atoms with E-state index in [-0.39, 0.29) is 11.9 Å². The summed E-state index contributed by atoms with van der Waals surface area (Å²) in [5, 5.41) is 3.50. The fourth-order valence-corrected chi connectivity index (χ4v) is 4.88. The van der Waals surface area contributed by atoms with Gasteiger partial charge in [-0.25, -0.2) is 13.8 Å². The van der Waals surface area contributed by atoms with E-state index in [4.69, 9.17) is 14.7 Å². The van der Waals surface area contributed by atoms with Crippen molar-refractivity contribution in [3.05, 3.63) is 36.2 Å². The van der Waals surface area contributed by atoms with Crippen LogP contribution < -0.4 is 10.2 Å². The first kappa shape index (κ1) is 22.0. The molecule has 1 aliphatic carbocycles. The summed E-state index contributed by atoms with van der Waals surface area (Å²) in [5.74, 6) is 2.07. The van der Waals surface area contributed by atoms with Crippen LogP contribution in [0.3, 0.4) is 0 Å². The third-order valence-electron chi connectivity index (χ3n) is 6.80. The van der Waals surface area contributed by atoms with Crippen LogP contribution in [0.4, 0.5) is 20.5 Å². The molecular weight excluding hydrogens is 426 g/mol. The lowest BCUT2D eigenvalue weighted by molar-refractivity contribution is 0.122. The molecule has 1 N–H and O–H groups in total. The molecule has 7 nitrogen and oxygen atoms in total. The first-order valence-electron chi connectivity index (χ1n) is 11.9. The molecule has 0 amide bonds. The zero-order valence-corrected chi connectivity index (χ0v) is 18.9. The summed E-state index contributed by atoms with van der Waals surface area (Å²) in [6.45, 7) is 4.86. The van der Waals surface area contributed by atoms with E-state index < -0.39 is 6.43 Å². The summed E-state index contributed by atoms with van der Waals surface area (Å²) in [6, 6.07) is 9.23. The zero-order chi connectivity index (χ0) is 22.8. The third kappa shape index (κ3) is 4.64. The van der Waals surface area contributed by atoms with Crippen molar-refractivity contribution in [3.8, 4) is 5.82 Å². The number of hydrogen-bond acceptors (Lipinski definition) is 6. The minimum atomic E-state index is -2.72. The van der Waals surface area contributed by atoms with Crippen LogP contribution in [0.1, 0.15) is 51.3 Å². The number of benzene rings is 1. The van der Waals surface area contributed by atoms with Gasteiger partial charge in [0.2, 0.25) is 5.95 Å². The van der Waals surface area contributed by atoms with E-state index in [1.807, 2.05) is 6.07 Å². The Morgan fingerprint density at radius 3 is 2.48 bits per heavy atom. The number of nitrogens with one attached hydrogen (secondary N) is 1. The Bertz CT molecular complexity index is 1090. The van der Waals surface area contributed by atoms with Crippen molar-refractivity contribution in [2.45, 2.75) is 51.5 Å². The van der Waals surface area contributed by atoms with Crippen molar-refractivity contribution in [1.82, 2.24) is 19.5 Å². The number of alkyl halides is 2. The van der Waals surface area contributed by atoms with Gasteiger partial charge in [0.25, 0.3) is 6.43 Å². The highest BCUT2D eigenvalue weighted by atomic mass is 19.3. The first-order valence-corrected chi connectivity index (χ1v) is 11.9. The average Bonchev–Trinajstić information content (AvgIpc) is 3.25. The number of nitrogens with zero attached hydrogens (tertiary/aromatic N) is 5. The monoisotopic (exact) mass is 456 g/mol. The van der Waals surface area contributed by atoms with E-state index in [1.165, 1.54) is 23.8 Å². The lowest BCUT2D eigenvalue weighted by Gasteiger charge is -2.30. The topological polar surface area (TPSA) is 68.1 Å². The molecule has 0 atom stereocenters. The van der Waals surface area contributed by atoms with Gasteiger partial charge in [0.05, 0.1) is 24.2 Å². The summed E-state index contributed by atoms with van der Waals surface area (Å²) in [6.07, 6.45) is 2.99. The summed E-state index contributed by atoms with van der Waals surface area (Å²) in [4.78, 5) is 15.8. The summed E-state index contributed by atoms with van der Waals surface area (Å²) in [7, 11) is 0. The van der Waals surface area contributed by atoms with Gasteiger partial charge in [0.15, 0.2) is 5.82 Å². The fourth-order valence-electron chi connectivity index (χ4n) is 4.88. The number of fused-ring (bicyclic) bond motifs is 1. The second-order valence-corrected chi connectivity index (χ2v) is 8.87. The van der Waals surface area contributed by atoms with E-state index >= 15 is 0 Å². The molecule has 9 heteroatoms. The second-order valence-electron chi connectivity index (χ2n) is 8.87. The van der Waals surface area contributed by atoms with Crippen LogP contribution in [0.2, 0.25) is 0 Å². The number of aromatic nitrogens is 4. The molecule has 2 aromatic heterocycles. The van der Waals surface area contributed by atoms with Crippen LogP contribution in [0.25, 0.3) is 16.9 Å². The quantitative estimate of drug-likeness (QED) is 0.565. The van der Waals surface area contributed by atoms with Gasteiger partial charge in [0.1, 0.15) is 11.6 Å². The normalized spacial score (nSPS) is 21.6. The maximum Gasteiger partial charge on any atom is 0.296 e. The number of rotatable bonds is 6. The van der Waals surface area contributed by atoms with Crippen molar-refractivity contribution in [3.63, 3.8) is 0 Å². The molecular formula is C24H30F2N6O. The highest BCUT2D eigenvalue weighted by Gasteiger charge is 2.25.